The molecule has 3 fully saturated rings. The SMILES string of the molecule is CC(C)(C)OC(=O)CCOCCN.CC(C)(C)OC(=O)CCOCCNc1cccc2c1C(=O)N(C1CCC(=O)NC1=O)C2=O.O=C(O)CCOCCNc1cccc2c1C(=O)N(C1CCC(=O)NC1=O)C2=O.O=C1CCC(N2C(=O)c3cccc(F)c3C2=O)C(=O)N1. The van der Waals surface area contributed by atoms with Crippen LogP contribution in [0.3, 0.4) is 0 Å². The van der Waals surface area contributed by atoms with Crippen molar-refractivity contribution in [3.8, 4) is 0 Å². The van der Waals surface area contributed by atoms with E-state index in [1.54, 1.807) is 45.0 Å². The van der Waals surface area contributed by atoms with Gasteiger partial charge < -0.3 is 45.2 Å². The molecule has 12 amide bonds. The Hall–Kier alpha value is -9.72. The van der Waals surface area contributed by atoms with Gasteiger partial charge >= 0.3 is 17.9 Å². The lowest BCUT2D eigenvalue weighted by molar-refractivity contribution is -0.157. The maximum absolute atomic E-state index is 13.7. The summed E-state index contributed by atoms with van der Waals surface area (Å²) in [5.74, 6) is -9.49. The minimum Gasteiger partial charge on any atom is -0.481 e. The lowest BCUT2D eigenvalue weighted by Crippen LogP contribution is -2.54. The average molecular weight is 1300 g/mol. The molecule has 0 bridgehead atoms. The molecule has 6 aliphatic heterocycles. The van der Waals surface area contributed by atoms with Gasteiger partial charge in [0.2, 0.25) is 35.4 Å². The van der Waals surface area contributed by atoms with E-state index >= 15 is 0 Å². The summed E-state index contributed by atoms with van der Waals surface area (Å²) in [6.07, 6.45) is 0.723. The molecule has 6 heterocycles. The fraction of sp³-hybridized carbons (Fsp3) is 0.468. The maximum Gasteiger partial charge on any atom is 0.308 e. The van der Waals surface area contributed by atoms with Crippen molar-refractivity contribution in [2.24, 2.45) is 5.73 Å². The molecular weight excluding hydrogens is 1230 g/mol. The first kappa shape index (κ1) is 72.3. The summed E-state index contributed by atoms with van der Waals surface area (Å²) in [5, 5.41) is 21.0. The van der Waals surface area contributed by atoms with E-state index in [0.717, 1.165) is 20.8 Å². The van der Waals surface area contributed by atoms with E-state index in [-0.39, 0.29) is 130 Å². The van der Waals surface area contributed by atoms with Gasteiger partial charge in [0, 0.05) is 50.3 Å². The molecule has 3 saturated heterocycles. The third kappa shape index (κ3) is 19.4. The Kier molecular flexibility index (Phi) is 25.3. The number of esters is 2. The molecule has 3 unspecified atom stereocenters. The van der Waals surface area contributed by atoms with E-state index in [1.807, 2.05) is 20.8 Å². The van der Waals surface area contributed by atoms with Crippen LogP contribution in [0, 0.1) is 5.82 Å². The second-order valence-electron chi connectivity index (χ2n) is 23.3. The number of carboxylic acids is 1. The van der Waals surface area contributed by atoms with Gasteiger partial charge in [-0.2, -0.15) is 0 Å². The number of carboxylic acid groups (broad SMARTS) is 1. The van der Waals surface area contributed by atoms with Gasteiger partial charge in [-0.15, -0.1) is 0 Å². The number of hydrogen-bond donors (Lipinski definition) is 7. The first-order chi connectivity index (χ1) is 43.9. The van der Waals surface area contributed by atoms with Crippen molar-refractivity contribution < 1.29 is 105 Å². The molecule has 0 saturated carbocycles. The molecule has 93 heavy (non-hydrogen) atoms. The second kappa shape index (κ2) is 32.5. The number of fused-ring (bicyclic) bond motifs is 3. The summed E-state index contributed by atoms with van der Waals surface area (Å²) in [6.45, 7) is 13.6. The van der Waals surface area contributed by atoms with Gasteiger partial charge in [-0.25, -0.2) is 4.39 Å². The van der Waals surface area contributed by atoms with E-state index in [0.29, 0.717) is 44.2 Å². The Labute approximate surface area is 532 Å². The largest absolute Gasteiger partial charge is 0.481 e. The van der Waals surface area contributed by atoms with Crippen LogP contribution >= 0.6 is 0 Å². The zero-order chi connectivity index (χ0) is 68.5. The van der Waals surface area contributed by atoms with E-state index in [9.17, 15) is 76.3 Å². The number of anilines is 2. The van der Waals surface area contributed by atoms with Crippen molar-refractivity contribution in [1.82, 2.24) is 30.7 Å². The Balaban J connectivity index is 0.000000206. The normalized spacial score (nSPS) is 18.4. The topological polar surface area (TPSA) is 418 Å². The van der Waals surface area contributed by atoms with Crippen LogP contribution < -0.4 is 32.3 Å². The van der Waals surface area contributed by atoms with Gasteiger partial charge in [0.05, 0.1) is 92.3 Å². The molecule has 9 rings (SSSR count). The van der Waals surface area contributed by atoms with Crippen LogP contribution in [0.5, 0.6) is 0 Å². The number of rotatable bonds is 22. The molecule has 0 aliphatic carbocycles. The fourth-order valence-corrected chi connectivity index (χ4v) is 9.96. The minimum atomic E-state index is -1.07. The number of halogens is 1. The second-order valence-corrected chi connectivity index (χ2v) is 23.3. The Morgan fingerprint density at radius 1 is 0.495 bits per heavy atom. The van der Waals surface area contributed by atoms with Gasteiger partial charge in [-0.1, -0.05) is 18.2 Å². The molecule has 0 spiro atoms. The van der Waals surface area contributed by atoms with Gasteiger partial charge in [0.25, 0.3) is 35.4 Å². The molecule has 3 aromatic rings. The lowest BCUT2D eigenvalue weighted by Gasteiger charge is -2.27. The van der Waals surface area contributed by atoms with Crippen molar-refractivity contribution >= 4 is 100 Å². The number of imide groups is 6. The zero-order valence-corrected chi connectivity index (χ0v) is 52.1. The number of carbonyl (C=O) groups is 15. The smallest absolute Gasteiger partial charge is 0.308 e. The Morgan fingerprint density at radius 3 is 1.16 bits per heavy atom. The number of amides is 12. The van der Waals surface area contributed by atoms with Gasteiger partial charge in [-0.05, 0) is 97.2 Å². The van der Waals surface area contributed by atoms with E-state index < -0.39 is 112 Å². The number of hydrogen-bond acceptors (Lipinski definition) is 23. The Morgan fingerprint density at radius 2 is 0.828 bits per heavy atom. The van der Waals surface area contributed by atoms with Crippen molar-refractivity contribution in [2.75, 3.05) is 69.9 Å². The predicted molar refractivity (Wildman–Crippen MR) is 321 cm³/mol. The van der Waals surface area contributed by atoms with Gasteiger partial charge in [-0.3, -0.25) is 103 Å². The molecule has 0 aromatic heterocycles. The van der Waals surface area contributed by atoms with Crippen LogP contribution in [0.4, 0.5) is 15.8 Å². The van der Waals surface area contributed by atoms with E-state index in [1.165, 1.54) is 24.3 Å². The van der Waals surface area contributed by atoms with Crippen molar-refractivity contribution in [3.05, 3.63) is 93.8 Å². The molecule has 0 radical (unpaired) electrons. The summed E-state index contributed by atoms with van der Waals surface area (Å²) in [4.78, 5) is 181. The summed E-state index contributed by atoms with van der Waals surface area (Å²) in [7, 11) is 0. The molecule has 31 heteroatoms. The molecule has 3 atom stereocenters. The summed E-state index contributed by atoms with van der Waals surface area (Å²) < 4.78 is 39.6. The number of carbonyl (C=O) groups excluding carboxylic acids is 14. The molecule has 500 valence electrons. The van der Waals surface area contributed by atoms with Crippen LogP contribution in [0.1, 0.15) is 161 Å². The van der Waals surface area contributed by atoms with Crippen LogP contribution in [0.25, 0.3) is 0 Å². The number of nitrogens with two attached hydrogens (primary N) is 1. The maximum atomic E-state index is 13.7. The number of benzene rings is 3. The molecular formula is C62H74FN9O21. The first-order valence-corrected chi connectivity index (χ1v) is 29.7. The van der Waals surface area contributed by atoms with Crippen molar-refractivity contribution in [3.63, 3.8) is 0 Å². The third-order valence-corrected chi connectivity index (χ3v) is 13.9. The number of nitrogens with one attached hydrogen (secondary N) is 5. The highest BCUT2D eigenvalue weighted by Gasteiger charge is 2.48. The summed E-state index contributed by atoms with van der Waals surface area (Å²) in [6, 6.07) is 10.2. The monoisotopic (exact) mass is 1300 g/mol. The van der Waals surface area contributed by atoms with Crippen LogP contribution in [-0.4, -0.2) is 197 Å². The van der Waals surface area contributed by atoms with Gasteiger partial charge in [0.1, 0.15) is 35.1 Å². The third-order valence-electron chi connectivity index (χ3n) is 13.9. The highest BCUT2D eigenvalue weighted by atomic mass is 19.1. The quantitative estimate of drug-likeness (QED) is 0.0430. The fourth-order valence-electron chi connectivity index (χ4n) is 9.96. The van der Waals surface area contributed by atoms with Crippen LogP contribution in [0.2, 0.25) is 0 Å². The number of aliphatic carboxylic acids is 1. The standard InChI is InChI=1S/C22H27N3O7.C18H19N3O7.C13H9FN2O4.C9H19NO3/c1-22(2,3)32-17(27)9-11-31-12-10-23-14-6-4-5-13-18(14)21(30)25(20(13)29)15-7-8-16(26)24-19(15)28;22-13-5-4-12(16(25)20-13)21-17(26)10-2-1-3-11(15(10)18(21)27)19-7-9-28-8-6-14(23)24;14-7-3-1-2-6-10(7)13(20)16(12(6)19)8-4-5-9(17)15-11(8)18;1-9(2,3)13-8(11)4-6-12-7-5-10/h4-6,15,23H,7-12H2,1-3H3,(H,24,26,28);1-3,12,19H,4-9H2,(H,23,24)(H,20,22,25);1-3,8H,4-5H2,(H,15,17,18);4-7,10H2,1-3H3. The first-order valence-electron chi connectivity index (χ1n) is 29.7. The molecule has 3 aromatic carbocycles. The zero-order valence-electron chi connectivity index (χ0n) is 52.1. The number of piperidine rings is 3. The van der Waals surface area contributed by atoms with E-state index in [4.69, 9.17) is 34.5 Å². The lowest BCUT2D eigenvalue weighted by atomic mass is 10.0. The molecule has 8 N–H and O–H groups in total. The minimum absolute atomic E-state index is 0.0340. The summed E-state index contributed by atoms with van der Waals surface area (Å²) >= 11 is 0. The molecule has 6 aliphatic rings. The highest BCUT2D eigenvalue weighted by molar-refractivity contribution is 6.27. The predicted octanol–water partition coefficient (Wildman–Crippen LogP) is 2.16. The number of nitrogens with zero attached hydrogens (tertiary/aromatic N) is 3. The van der Waals surface area contributed by atoms with Crippen molar-refractivity contribution in [2.45, 2.75) is 129 Å². The van der Waals surface area contributed by atoms with Gasteiger partial charge in [0.15, 0.2) is 0 Å². The van der Waals surface area contributed by atoms with E-state index in [2.05, 4.69) is 26.6 Å². The molecule has 30 nitrogen and oxygen atoms in total. The van der Waals surface area contributed by atoms with Crippen LogP contribution in [0.15, 0.2) is 54.6 Å². The highest BCUT2D eigenvalue weighted by Crippen LogP contribution is 2.35. The number of ether oxygens (including phenoxy) is 5. The average Bonchev–Trinajstić information content (AvgIpc) is 1.63. The summed E-state index contributed by atoms with van der Waals surface area (Å²) in [5.41, 5.74) is 5.50. The van der Waals surface area contributed by atoms with Crippen molar-refractivity contribution in [1.29, 1.82) is 0 Å². The Bertz CT molecular complexity index is 3450. The van der Waals surface area contributed by atoms with Crippen LogP contribution in [-0.2, 0) is 66.8 Å².